The number of rotatable bonds is 6. The number of furan rings is 1. The normalized spacial score (nSPS) is 13.2. The van der Waals surface area contributed by atoms with Crippen LogP contribution in [0.5, 0.6) is 0 Å². The maximum atomic E-state index is 6.37. The van der Waals surface area contributed by atoms with Crippen LogP contribution in [0.25, 0.3) is 70.2 Å². The highest BCUT2D eigenvalue weighted by Crippen LogP contribution is 2.42. The van der Waals surface area contributed by atoms with E-state index in [1.165, 1.54) is 49.1 Å². The van der Waals surface area contributed by atoms with Crippen LogP contribution in [0.3, 0.4) is 0 Å². The van der Waals surface area contributed by atoms with Gasteiger partial charge in [-0.2, -0.15) is 0 Å². The maximum Gasteiger partial charge on any atom is 0.137 e. The topological polar surface area (TPSA) is 29.3 Å². The molecule has 0 spiro atoms. The second kappa shape index (κ2) is 12.3. The van der Waals surface area contributed by atoms with Crippen molar-refractivity contribution in [1.82, 2.24) is 4.98 Å². The highest BCUT2D eigenvalue weighted by atomic mass is 32.1. The number of allylic oxidation sites excluding steroid dienone is 4. The molecule has 0 N–H and O–H groups in total. The zero-order valence-corrected chi connectivity index (χ0v) is 28.6. The molecule has 9 aromatic rings. The minimum absolute atomic E-state index is 0.905. The molecular weight excluding hydrogens is 641 g/mol. The molecule has 0 bridgehead atoms. The summed E-state index contributed by atoms with van der Waals surface area (Å²) in [5, 5.41) is 5.80. The van der Waals surface area contributed by atoms with Gasteiger partial charge in [-0.15, -0.1) is 11.3 Å². The summed E-state index contributed by atoms with van der Waals surface area (Å²) >= 11 is 1.74. The van der Waals surface area contributed by atoms with Crippen LogP contribution in [0.4, 0.5) is 11.4 Å². The summed E-state index contributed by atoms with van der Waals surface area (Å²) in [4.78, 5) is 7.42. The smallest absolute Gasteiger partial charge is 0.137 e. The molecule has 0 unspecified atom stereocenters. The number of nitrogens with zero attached hydrogens (tertiary/aromatic N) is 2. The van der Waals surface area contributed by atoms with E-state index < -0.39 is 0 Å². The lowest BCUT2D eigenvalue weighted by atomic mass is 9.93. The molecule has 1 aliphatic carbocycles. The highest BCUT2D eigenvalue weighted by Gasteiger charge is 2.20. The first-order valence-electron chi connectivity index (χ1n) is 17.4. The summed E-state index contributed by atoms with van der Waals surface area (Å²) in [6, 6.07) is 56.1. The fraction of sp³-hybridized carbons (Fsp3) is 0.0426. The number of benzene rings is 7. The summed E-state index contributed by atoms with van der Waals surface area (Å²) in [5.41, 5.74) is 12.6. The lowest BCUT2D eigenvalue weighted by Gasteiger charge is -2.30. The summed E-state index contributed by atoms with van der Waals surface area (Å²) in [6.07, 6.45) is 6.48. The monoisotopic (exact) mass is 672 g/mol. The van der Waals surface area contributed by atoms with Crippen LogP contribution < -0.4 is 4.90 Å². The van der Waals surface area contributed by atoms with E-state index in [0.717, 1.165) is 56.6 Å². The zero-order chi connectivity index (χ0) is 33.7. The summed E-state index contributed by atoms with van der Waals surface area (Å²) in [6.45, 7) is 0. The molecule has 7 aromatic carbocycles. The Morgan fingerprint density at radius 1 is 0.529 bits per heavy atom. The molecule has 0 fully saturated rings. The third-order valence-corrected chi connectivity index (χ3v) is 11.2. The molecule has 0 amide bonds. The number of anilines is 2. The van der Waals surface area contributed by atoms with E-state index in [0.29, 0.717) is 0 Å². The van der Waals surface area contributed by atoms with Gasteiger partial charge in [-0.05, 0) is 100 Å². The summed E-state index contributed by atoms with van der Waals surface area (Å²) in [7, 11) is 0. The Hall–Kier alpha value is -6.23. The van der Waals surface area contributed by atoms with Crippen LogP contribution in [0.15, 0.2) is 180 Å². The van der Waals surface area contributed by atoms with E-state index >= 15 is 0 Å². The minimum atomic E-state index is 0.905. The van der Waals surface area contributed by atoms with Crippen molar-refractivity contribution < 1.29 is 4.42 Å². The van der Waals surface area contributed by atoms with E-state index in [4.69, 9.17) is 9.40 Å². The average Bonchev–Trinajstić information content (AvgIpc) is 3.81. The number of hydrogen-bond donors (Lipinski definition) is 0. The standard InChI is InChI=1S/C47H32N2OS/c1-3-9-31(10-4-1)33-15-21-38(22-16-33)49(40-25-19-32-11-7-8-14-36(32)29-40)39-23-17-34(18-24-39)37-20-27-43-41(30-37)45-44(50-43)28-26-42-46(45)51-47(48-42)35-12-5-2-6-13-35/h1-17,19-23,25-30H,18,24H2. The summed E-state index contributed by atoms with van der Waals surface area (Å²) < 4.78 is 7.54. The van der Waals surface area contributed by atoms with Gasteiger partial charge in [0.1, 0.15) is 16.2 Å². The van der Waals surface area contributed by atoms with Crippen molar-refractivity contribution in [1.29, 1.82) is 0 Å². The second-order valence-corrected chi connectivity index (χ2v) is 14.1. The van der Waals surface area contributed by atoms with E-state index in [9.17, 15) is 0 Å². The molecule has 0 atom stereocenters. The van der Waals surface area contributed by atoms with E-state index in [1.807, 2.05) is 6.07 Å². The predicted molar refractivity (Wildman–Crippen MR) is 216 cm³/mol. The molecule has 2 aromatic heterocycles. The van der Waals surface area contributed by atoms with Gasteiger partial charge in [0.2, 0.25) is 0 Å². The molecule has 4 heteroatoms. The van der Waals surface area contributed by atoms with Crippen molar-refractivity contribution in [3.63, 3.8) is 0 Å². The molecule has 2 heterocycles. The van der Waals surface area contributed by atoms with Crippen molar-refractivity contribution in [2.24, 2.45) is 0 Å². The predicted octanol–water partition coefficient (Wildman–Crippen LogP) is 13.6. The van der Waals surface area contributed by atoms with Gasteiger partial charge in [0, 0.05) is 33.4 Å². The van der Waals surface area contributed by atoms with Crippen LogP contribution in [-0.4, -0.2) is 4.98 Å². The van der Waals surface area contributed by atoms with Crippen molar-refractivity contribution in [3.8, 4) is 21.7 Å². The Morgan fingerprint density at radius 2 is 1.22 bits per heavy atom. The second-order valence-electron chi connectivity index (χ2n) is 13.1. The fourth-order valence-corrected chi connectivity index (χ4v) is 8.56. The van der Waals surface area contributed by atoms with Crippen LogP contribution in [0, 0.1) is 0 Å². The molecule has 3 nitrogen and oxygen atoms in total. The number of thiazole rings is 1. The van der Waals surface area contributed by atoms with Crippen LogP contribution >= 0.6 is 11.3 Å². The van der Waals surface area contributed by atoms with Crippen LogP contribution in [0.2, 0.25) is 0 Å². The van der Waals surface area contributed by atoms with E-state index in [-0.39, 0.29) is 0 Å². The highest BCUT2D eigenvalue weighted by molar-refractivity contribution is 7.22. The van der Waals surface area contributed by atoms with Crippen molar-refractivity contribution in [3.05, 3.63) is 181 Å². The summed E-state index contributed by atoms with van der Waals surface area (Å²) in [5.74, 6) is 0. The largest absolute Gasteiger partial charge is 0.456 e. The molecule has 0 saturated carbocycles. The minimum Gasteiger partial charge on any atom is -0.456 e. The molecular formula is C47H32N2OS. The third-order valence-electron chi connectivity index (χ3n) is 10.0. The lowest BCUT2D eigenvalue weighted by Crippen LogP contribution is -2.17. The third kappa shape index (κ3) is 5.32. The SMILES string of the molecule is C1=C(c2ccc3oc4ccc5nc(-c6ccccc6)sc5c4c3c2)CCC(N(c2ccc(-c3ccccc3)cc2)c2ccc3ccccc3c2)=C1. The van der Waals surface area contributed by atoms with Gasteiger partial charge in [0.05, 0.1) is 10.2 Å². The van der Waals surface area contributed by atoms with Gasteiger partial charge in [0.25, 0.3) is 0 Å². The Morgan fingerprint density at radius 3 is 2.00 bits per heavy atom. The van der Waals surface area contributed by atoms with Crippen molar-refractivity contribution >= 4 is 71.2 Å². The first-order valence-corrected chi connectivity index (χ1v) is 18.2. The van der Waals surface area contributed by atoms with Gasteiger partial charge in [-0.1, -0.05) is 115 Å². The molecule has 0 saturated heterocycles. The first kappa shape index (κ1) is 29.7. The molecule has 51 heavy (non-hydrogen) atoms. The van der Waals surface area contributed by atoms with E-state index in [2.05, 4.69) is 169 Å². The van der Waals surface area contributed by atoms with E-state index in [1.54, 1.807) is 11.3 Å². The van der Waals surface area contributed by atoms with Gasteiger partial charge in [-0.25, -0.2) is 4.98 Å². The first-order chi connectivity index (χ1) is 25.2. The Bertz CT molecular complexity index is 2790. The van der Waals surface area contributed by atoms with Gasteiger partial charge >= 0.3 is 0 Å². The van der Waals surface area contributed by atoms with Gasteiger partial charge < -0.3 is 9.32 Å². The Balaban J connectivity index is 1.04. The fourth-order valence-electron chi connectivity index (χ4n) is 7.43. The lowest BCUT2D eigenvalue weighted by molar-refractivity contribution is 0.669. The zero-order valence-electron chi connectivity index (χ0n) is 27.8. The number of hydrogen-bond acceptors (Lipinski definition) is 4. The molecule has 0 aliphatic heterocycles. The van der Waals surface area contributed by atoms with Gasteiger partial charge in [-0.3, -0.25) is 0 Å². The van der Waals surface area contributed by atoms with Crippen LogP contribution in [-0.2, 0) is 0 Å². The number of fused-ring (bicyclic) bond motifs is 6. The Kier molecular flexibility index (Phi) is 7.14. The van der Waals surface area contributed by atoms with Crippen molar-refractivity contribution in [2.75, 3.05) is 4.90 Å². The number of aromatic nitrogens is 1. The maximum absolute atomic E-state index is 6.37. The average molecular weight is 673 g/mol. The van der Waals surface area contributed by atoms with Crippen molar-refractivity contribution in [2.45, 2.75) is 12.8 Å². The Labute approximate surface area is 300 Å². The molecule has 0 radical (unpaired) electrons. The molecule has 242 valence electrons. The molecule has 1 aliphatic rings. The van der Waals surface area contributed by atoms with Gasteiger partial charge in [0.15, 0.2) is 0 Å². The molecule has 10 rings (SSSR count). The quantitative estimate of drug-likeness (QED) is 0.176. The van der Waals surface area contributed by atoms with Crippen LogP contribution in [0.1, 0.15) is 18.4 Å².